The molecular weight excluding hydrogens is 240 g/mol. The quantitative estimate of drug-likeness (QED) is 0.896. The fraction of sp³-hybridized carbons (Fsp3) is 0.200. The number of rotatable bonds is 2. The minimum Gasteiger partial charge on any atom is -0.496 e. The van der Waals surface area contributed by atoms with Crippen molar-refractivity contribution in [2.75, 3.05) is 12.4 Å². The molecule has 4 heteroatoms. The fourth-order valence-electron chi connectivity index (χ4n) is 2.43. The van der Waals surface area contributed by atoms with Crippen LogP contribution in [-0.4, -0.2) is 18.0 Å². The molecule has 0 atom stereocenters. The Bertz CT molecular complexity index is 624. The second-order valence-electron chi connectivity index (χ2n) is 4.46. The number of hydrogen-bond donors (Lipinski definition) is 1. The van der Waals surface area contributed by atoms with Crippen molar-refractivity contribution in [2.24, 2.45) is 0 Å². The Hall–Kier alpha value is -2.36. The molecule has 0 aliphatic carbocycles. The van der Waals surface area contributed by atoms with Gasteiger partial charge >= 0.3 is 0 Å². The molecule has 96 valence electrons. The van der Waals surface area contributed by atoms with Gasteiger partial charge in [0.05, 0.1) is 7.11 Å². The van der Waals surface area contributed by atoms with E-state index >= 15 is 0 Å². The molecule has 0 saturated carbocycles. The van der Waals surface area contributed by atoms with Crippen LogP contribution >= 0.6 is 0 Å². The highest BCUT2D eigenvalue weighted by Crippen LogP contribution is 2.39. The van der Waals surface area contributed by atoms with Crippen LogP contribution in [-0.2, 0) is 11.2 Å². The summed E-state index contributed by atoms with van der Waals surface area (Å²) in [6, 6.07) is 7.78. The van der Waals surface area contributed by atoms with E-state index in [-0.39, 0.29) is 5.91 Å². The fourth-order valence-corrected chi connectivity index (χ4v) is 2.43. The van der Waals surface area contributed by atoms with Gasteiger partial charge in [0, 0.05) is 41.2 Å². The first-order chi connectivity index (χ1) is 9.29. The van der Waals surface area contributed by atoms with Gasteiger partial charge in [-0.2, -0.15) is 0 Å². The third-order valence-electron chi connectivity index (χ3n) is 3.31. The first-order valence-electron chi connectivity index (χ1n) is 6.19. The van der Waals surface area contributed by atoms with E-state index in [1.165, 1.54) is 0 Å². The molecule has 0 bridgehead atoms. The minimum atomic E-state index is 0.0590. The number of amides is 1. The van der Waals surface area contributed by atoms with Crippen LogP contribution in [0, 0.1) is 0 Å². The average Bonchev–Trinajstić information content (AvgIpc) is 2.46. The van der Waals surface area contributed by atoms with Crippen LogP contribution < -0.4 is 10.1 Å². The number of carbonyl (C=O) groups is 1. The number of carbonyl (C=O) groups excluding carboxylic acids is 1. The highest BCUT2D eigenvalue weighted by Gasteiger charge is 2.21. The van der Waals surface area contributed by atoms with E-state index in [1.807, 2.05) is 30.5 Å². The van der Waals surface area contributed by atoms with Crippen LogP contribution in [0.1, 0.15) is 12.0 Å². The Morgan fingerprint density at radius 1 is 1.26 bits per heavy atom. The molecule has 0 fully saturated rings. The molecule has 1 aromatic heterocycles. The summed E-state index contributed by atoms with van der Waals surface area (Å²) in [4.78, 5) is 15.6. The lowest BCUT2D eigenvalue weighted by Crippen LogP contribution is -2.19. The smallest absolute Gasteiger partial charge is 0.224 e. The number of fused-ring (bicyclic) bond motifs is 1. The van der Waals surface area contributed by atoms with Gasteiger partial charge in [-0.1, -0.05) is 6.07 Å². The van der Waals surface area contributed by atoms with Crippen LogP contribution in [0.15, 0.2) is 36.7 Å². The van der Waals surface area contributed by atoms with Gasteiger partial charge in [-0.25, -0.2) is 0 Å². The molecule has 3 rings (SSSR count). The standard InChI is InChI=1S/C15H14N2O2/c1-19-15-11(10-3-2-8-16-9-10)4-6-13-12(15)5-7-14(18)17-13/h2-4,6,8-9H,5,7H2,1H3,(H,17,18). The van der Waals surface area contributed by atoms with Crippen LogP contribution in [0.2, 0.25) is 0 Å². The molecule has 19 heavy (non-hydrogen) atoms. The molecular formula is C15H14N2O2. The highest BCUT2D eigenvalue weighted by molar-refractivity contribution is 5.95. The molecule has 2 heterocycles. The lowest BCUT2D eigenvalue weighted by atomic mass is 9.96. The largest absolute Gasteiger partial charge is 0.496 e. The van der Waals surface area contributed by atoms with Crippen molar-refractivity contribution in [1.82, 2.24) is 4.98 Å². The van der Waals surface area contributed by atoms with E-state index in [0.717, 1.165) is 28.1 Å². The number of pyridine rings is 1. The van der Waals surface area contributed by atoms with Gasteiger partial charge in [-0.15, -0.1) is 0 Å². The average molecular weight is 254 g/mol. The Labute approximate surface area is 111 Å². The predicted molar refractivity (Wildman–Crippen MR) is 73.2 cm³/mol. The highest BCUT2D eigenvalue weighted by atomic mass is 16.5. The van der Waals surface area contributed by atoms with Crippen molar-refractivity contribution in [3.05, 3.63) is 42.2 Å². The van der Waals surface area contributed by atoms with Crippen molar-refractivity contribution in [2.45, 2.75) is 12.8 Å². The summed E-state index contributed by atoms with van der Waals surface area (Å²) in [6.07, 6.45) is 4.76. The number of nitrogens with zero attached hydrogens (tertiary/aromatic N) is 1. The van der Waals surface area contributed by atoms with E-state index < -0.39 is 0 Å². The number of hydrogen-bond acceptors (Lipinski definition) is 3. The predicted octanol–water partition coefficient (Wildman–Crippen LogP) is 2.64. The lowest BCUT2D eigenvalue weighted by Gasteiger charge is -2.21. The Morgan fingerprint density at radius 2 is 2.16 bits per heavy atom. The van der Waals surface area contributed by atoms with Gasteiger partial charge in [-0.05, 0) is 24.6 Å². The van der Waals surface area contributed by atoms with Crippen LogP contribution in [0.4, 0.5) is 5.69 Å². The number of aromatic nitrogens is 1. The number of methoxy groups -OCH3 is 1. The molecule has 0 radical (unpaired) electrons. The topological polar surface area (TPSA) is 51.2 Å². The normalized spacial score (nSPS) is 13.6. The van der Waals surface area contributed by atoms with Crippen molar-refractivity contribution in [3.8, 4) is 16.9 Å². The van der Waals surface area contributed by atoms with E-state index in [0.29, 0.717) is 12.8 Å². The molecule has 1 amide bonds. The Morgan fingerprint density at radius 3 is 2.89 bits per heavy atom. The molecule has 0 unspecified atom stereocenters. The molecule has 1 aromatic carbocycles. The SMILES string of the molecule is COc1c(-c2cccnc2)ccc2c1CCC(=O)N2. The molecule has 0 saturated heterocycles. The summed E-state index contributed by atoms with van der Waals surface area (Å²) in [6.45, 7) is 0. The Kier molecular flexibility index (Phi) is 2.91. The number of nitrogens with one attached hydrogen (secondary N) is 1. The maximum Gasteiger partial charge on any atom is 0.224 e. The van der Waals surface area contributed by atoms with Gasteiger partial charge in [-0.3, -0.25) is 9.78 Å². The van der Waals surface area contributed by atoms with Crippen molar-refractivity contribution in [3.63, 3.8) is 0 Å². The van der Waals surface area contributed by atoms with Gasteiger partial charge < -0.3 is 10.1 Å². The number of benzene rings is 1. The number of ether oxygens (including phenoxy) is 1. The zero-order valence-corrected chi connectivity index (χ0v) is 10.6. The lowest BCUT2D eigenvalue weighted by molar-refractivity contribution is -0.116. The molecule has 2 aromatic rings. The summed E-state index contributed by atoms with van der Waals surface area (Å²) >= 11 is 0. The minimum absolute atomic E-state index is 0.0590. The number of anilines is 1. The van der Waals surface area contributed by atoms with Crippen molar-refractivity contribution in [1.29, 1.82) is 0 Å². The van der Waals surface area contributed by atoms with E-state index in [4.69, 9.17) is 4.74 Å². The monoisotopic (exact) mass is 254 g/mol. The zero-order valence-electron chi connectivity index (χ0n) is 10.6. The molecule has 1 aliphatic heterocycles. The van der Waals surface area contributed by atoms with Crippen LogP contribution in [0.3, 0.4) is 0 Å². The summed E-state index contributed by atoms with van der Waals surface area (Å²) in [5, 5.41) is 2.88. The third-order valence-corrected chi connectivity index (χ3v) is 3.31. The molecule has 0 spiro atoms. The first kappa shape index (κ1) is 11.7. The summed E-state index contributed by atoms with van der Waals surface area (Å²) < 4.78 is 5.55. The Balaban J connectivity index is 2.15. The van der Waals surface area contributed by atoms with Gasteiger partial charge in [0.25, 0.3) is 0 Å². The van der Waals surface area contributed by atoms with E-state index in [9.17, 15) is 4.79 Å². The van der Waals surface area contributed by atoms with Gasteiger partial charge in [0.15, 0.2) is 0 Å². The van der Waals surface area contributed by atoms with Crippen molar-refractivity contribution >= 4 is 11.6 Å². The van der Waals surface area contributed by atoms with Gasteiger partial charge in [0.1, 0.15) is 5.75 Å². The van der Waals surface area contributed by atoms with E-state index in [1.54, 1.807) is 13.3 Å². The maximum absolute atomic E-state index is 11.4. The first-order valence-corrected chi connectivity index (χ1v) is 6.19. The van der Waals surface area contributed by atoms with Gasteiger partial charge in [0.2, 0.25) is 5.91 Å². The second-order valence-corrected chi connectivity index (χ2v) is 4.46. The maximum atomic E-state index is 11.4. The van der Waals surface area contributed by atoms with Crippen LogP contribution in [0.5, 0.6) is 5.75 Å². The molecule has 1 aliphatic rings. The van der Waals surface area contributed by atoms with Crippen molar-refractivity contribution < 1.29 is 9.53 Å². The summed E-state index contributed by atoms with van der Waals surface area (Å²) in [5.41, 5.74) is 3.92. The third kappa shape index (κ3) is 2.05. The van der Waals surface area contributed by atoms with Crippen LogP contribution in [0.25, 0.3) is 11.1 Å². The molecule has 1 N–H and O–H groups in total. The molecule has 4 nitrogen and oxygen atoms in total. The van der Waals surface area contributed by atoms with E-state index in [2.05, 4.69) is 10.3 Å². The second kappa shape index (κ2) is 4.72. The summed E-state index contributed by atoms with van der Waals surface area (Å²) in [7, 11) is 1.66. The summed E-state index contributed by atoms with van der Waals surface area (Å²) in [5.74, 6) is 0.884. The zero-order chi connectivity index (χ0) is 13.2.